The number of hydrogen-bond donors (Lipinski definition) is 1. The van der Waals surface area contributed by atoms with Gasteiger partial charge in [0.15, 0.2) is 17.8 Å². The van der Waals surface area contributed by atoms with E-state index in [1.54, 1.807) is 39.8 Å². The summed E-state index contributed by atoms with van der Waals surface area (Å²) in [7, 11) is -3.39. The minimum atomic E-state index is -4.47. The Kier molecular flexibility index (Phi) is 7.54. The first-order valence-corrected chi connectivity index (χ1v) is 12.1. The molecule has 1 heterocycles. The fourth-order valence-electron chi connectivity index (χ4n) is 3.20. The van der Waals surface area contributed by atoms with Gasteiger partial charge in [0, 0.05) is 11.1 Å². The van der Waals surface area contributed by atoms with Crippen molar-refractivity contribution in [1.29, 1.82) is 0 Å². The van der Waals surface area contributed by atoms with Crippen LogP contribution in [0.15, 0.2) is 58.0 Å². The summed E-state index contributed by atoms with van der Waals surface area (Å²) in [5, 5.41) is 2.43. The van der Waals surface area contributed by atoms with E-state index in [9.17, 15) is 22.8 Å². The second-order valence-corrected chi connectivity index (χ2v) is 10.2. The Bertz CT molecular complexity index is 1400. The SMILES string of the molecule is COC(=O)c1c(NC(=O)OC(C)(C)C)ccc(-c2ccoc2C=O)c1OS(=O)(=O)c1ccc(C)cc1. The van der Waals surface area contributed by atoms with E-state index < -0.39 is 39.1 Å². The molecule has 0 aliphatic rings. The summed E-state index contributed by atoms with van der Waals surface area (Å²) in [5.74, 6) is -1.61. The third-order valence-electron chi connectivity index (χ3n) is 4.78. The molecule has 0 saturated heterocycles. The number of esters is 1. The van der Waals surface area contributed by atoms with E-state index in [4.69, 9.17) is 18.1 Å². The Morgan fingerprint density at radius 2 is 1.67 bits per heavy atom. The maximum Gasteiger partial charge on any atom is 0.412 e. The quantitative estimate of drug-likeness (QED) is 0.262. The van der Waals surface area contributed by atoms with Crippen LogP contribution in [0.25, 0.3) is 11.1 Å². The van der Waals surface area contributed by atoms with Crippen LogP contribution in [0.3, 0.4) is 0 Å². The van der Waals surface area contributed by atoms with Gasteiger partial charge in [-0.25, -0.2) is 9.59 Å². The van der Waals surface area contributed by atoms with Crippen molar-refractivity contribution in [2.75, 3.05) is 12.4 Å². The van der Waals surface area contributed by atoms with Crippen LogP contribution in [-0.2, 0) is 19.6 Å². The number of aryl methyl sites for hydroxylation is 1. The van der Waals surface area contributed by atoms with Gasteiger partial charge in [-0.3, -0.25) is 10.1 Å². The maximum atomic E-state index is 13.2. The molecule has 36 heavy (non-hydrogen) atoms. The van der Waals surface area contributed by atoms with E-state index in [1.165, 1.54) is 36.6 Å². The molecule has 2 aromatic carbocycles. The predicted molar refractivity (Wildman–Crippen MR) is 130 cm³/mol. The van der Waals surface area contributed by atoms with Gasteiger partial charge in [0.2, 0.25) is 0 Å². The Labute approximate surface area is 208 Å². The van der Waals surface area contributed by atoms with Crippen molar-refractivity contribution in [3.05, 3.63) is 65.6 Å². The third-order valence-corrected chi connectivity index (χ3v) is 6.01. The van der Waals surface area contributed by atoms with E-state index in [-0.39, 0.29) is 27.5 Å². The molecule has 3 rings (SSSR count). The highest BCUT2D eigenvalue weighted by molar-refractivity contribution is 7.87. The number of carbonyl (C=O) groups excluding carboxylic acids is 3. The zero-order chi connectivity index (χ0) is 26.7. The first kappa shape index (κ1) is 26.5. The summed E-state index contributed by atoms with van der Waals surface area (Å²) in [6.45, 7) is 6.74. The standard InChI is InChI=1S/C25H25NO9S/c1-15-6-8-16(9-7-15)36(30,31)35-22-18(17-12-13-33-20(17)14-27)10-11-19(21(22)23(28)32-5)26-24(29)34-25(2,3)4/h6-14H,1-5H3,(H,26,29). The van der Waals surface area contributed by atoms with Crippen molar-refractivity contribution in [1.82, 2.24) is 0 Å². The lowest BCUT2D eigenvalue weighted by Gasteiger charge is -2.21. The Balaban J connectivity index is 2.25. The van der Waals surface area contributed by atoms with Crippen LogP contribution in [0.4, 0.5) is 10.5 Å². The molecule has 0 aliphatic carbocycles. The van der Waals surface area contributed by atoms with Gasteiger partial charge in [-0.1, -0.05) is 17.7 Å². The van der Waals surface area contributed by atoms with Gasteiger partial charge < -0.3 is 18.1 Å². The Hall–Kier alpha value is -4.12. The van der Waals surface area contributed by atoms with Crippen molar-refractivity contribution < 1.29 is 40.9 Å². The summed E-state index contributed by atoms with van der Waals surface area (Å²) >= 11 is 0. The van der Waals surface area contributed by atoms with Crippen molar-refractivity contribution in [3.63, 3.8) is 0 Å². The molecule has 0 atom stereocenters. The monoisotopic (exact) mass is 515 g/mol. The van der Waals surface area contributed by atoms with E-state index in [2.05, 4.69) is 5.32 Å². The van der Waals surface area contributed by atoms with Crippen molar-refractivity contribution in [3.8, 4) is 16.9 Å². The normalized spacial score (nSPS) is 11.5. The van der Waals surface area contributed by atoms with Crippen LogP contribution in [0.1, 0.15) is 47.2 Å². The number of benzene rings is 2. The smallest absolute Gasteiger partial charge is 0.412 e. The molecule has 0 saturated carbocycles. The molecule has 1 aromatic heterocycles. The van der Waals surface area contributed by atoms with Crippen molar-refractivity contribution >= 4 is 34.2 Å². The highest BCUT2D eigenvalue weighted by Gasteiger charge is 2.30. The zero-order valence-electron chi connectivity index (χ0n) is 20.3. The minimum absolute atomic E-state index is 0.0386. The Morgan fingerprint density at radius 3 is 2.25 bits per heavy atom. The maximum absolute atomic E-state index is 13.2. The van der Waals surface area contributed by atoms with Gasteiger partial charge in [0.25, 0.3) is 0 Å². The minimum Gasteiger partial charge on any atom is -0.465 e. The van der Waals surface area contributed by atoms with Crippen LogP contribution in [0, 0.1) is 6.92 Å². The number of carbonyl (C=O) groups is 3. The third kappa shape index (κ3) is 5.92. The summed E-state index contributed by atoms with van der Waals surface area (Å²) < 4.78 is 47.1. The molecule has 0 aliphatic heterocycles. The van der Waals surface area contributed by atoms with E-state index in [0.717, 1.165) is 12.7 Å². The molecule has 190 valence electrons. The molecule has 0 spiro atoms. The number of nitrogens with one attached hydrogen (secondary N) is 1. The van der Waals surface area contributed by atoms with Gasteiger partial charge in [0.1, 0.15) is 16.1 Å². The van der Waals surface area contributed by atoms with Gasteiger partial charge in [0.05, 0.1) is 19.1 Å². The van der Waals surface area contributed by atoms with E-state index in [0.29, 0.717) is 6.29 Å². The summed E-state index contributed by atoms with van der Waals surface area (Å²) in [6.07, 6.45) is 0.755. The van der Waals surface area contributed by atoms with Gasteiger partial charge in [-0.2, -0.15) is 8.42 Å². The second-order valence-electron chi connectivity index (χ2n) is 8.65. The second kappa shape index (κ2) is 10.2. The average Bonchev–Trinajstić information content (AvgIpc) is 3.26. The molecule has 1 amide bonds. The zero-order valence-corrected chi connectivity index (χ0v) is 21.1. The molecule has 11 heteroatoms. The number of hydrogen-bond acceptors (Lipinski definition) is 9. The number of furan rings is 1. The van der Waals surface area contributed by atoms with Crippen LogP contribution < -0.4 is 9.50 Å². The predicted octanol–water partition coefficient (Wildman–Crippen LogP) is 4.97. The largest absolute Gasteiger partial charge is 0.465 e. The number of rotatable bonds is 7. The lowest BCUT2D eigenvalue weighted by Crippen LogP contribution is -2.28. The first-order chi connectivity index (χ1) is 16.9. The molecular weight excluding hydrogens is 490 g/mol. The summed E-state index contributed by atoms with van der Waals surface area (Å²) in [5.41, 5.74) is -0.369. The fourth-order valence-corrected chi connectivity index (χ4v) is 4.16. The summed E-state index contributed by atoms with van der Waals surface area (Å²) in [6, 6.07) is 9.97. The molecular formula is C25H25NO9S. The number of anilines is 1. The summed E-state index contributed by atoms with van der Waals surface area (Å²) in [4.78, 5) is 36.7. The van der Waals surface area contributed by atoms with Crippen molar-refractivity contribution in [2.45, 2.75) is 38.2 Å². The van der Waals surface area contributed by atoms with Crippen LogP contribution in [0.2, 0.25) is 0 Å². The first-order valence-electron chi connectivity index (χ1n) is 10.7. The lowest BCUT2D eigenvalue weighted by molar-refractivity contribution is 0.0600. The molecule has 1 N–H and O–H groups in total. The number of methoxy groups -OCH3 is 1. The van der Waals surface area contributed by atoms with Gasteiger partial charge in [-0.05, 0) is 58.0 Å². The molecule has 0 fully saturated rings. The van der Waals surface area contributed by atoms with Gasteiger partial charge in [-0.15, -0.1) is 0 Å². The molecule has 0 radical (unpaired) electrons. The van der Waals surface area contributed by atoms with Crippen LogP contribution >= 0.6 is 0 Å². The fraction of sp³-hybridized carbons (Fsp3) is 0.240. The highest BCUT2D eigenvalue weighted by Crippen LogP contribution is 2.41. The highest BCUT2D eigenvalue weighted by atomic mass is 32.2. The topological polar surface area (TPSA) is 138 Å². The molecule has 0 unspecified atom stereocenters. The number of ether oxygens (including phenoxy) is 2. The molecule has 0 bridgehead atoms. The van der Waals surface area contributed by atoms with Gasteiger partial charge >= 0.3 is 22.2 Å². The van der Waals surface area contributed by atoms with E-state index in [1.807, 2.05) is 0 Å². The molecule has 3 aromatic rings. The van der Waals surface area contributed by atoms with Crippen LogP contribution in [0.5, 0.6) is 5.75 Å². The van der Waals surface area contributed by atoms with Crippen LogP contribution in [-0.4, -0.2) is 39.5 Å². The Morgan fingerprint density at radius 1 is 1.00 bits per heavy atom. The lowest BCUT2D eigenvalue weighted by atomic mass is 10.00. The van der Waals surface area contributed by atoms with E-state index >= 15 is 0 Å². The number of amides is 1. The number of aldehydes is 1. The average molecular weight is 516 g/mol. The molecule has 10 nitrogen and oxygen atoms in total. The van der Waals surface area contributed by atoms with Crippen molar-refractivity contribution in [2.24, 2.45) is 0 Å².